The van der Waals surface area contributed by atoms with E-state index in [1.165, 1.54) is 4.90 Å². The SMILES string of the molecule is CC.CCOC1CCN(CC2CCN(C(=O)F)CC2)CC1F. The fourth-order valence-corrected chi connectivity index (χ4v) is 3.17. The summed E-state index contributed by atoms with van der Waals surface area (Å²) >= 11 is 0. The fourth-order valence-electron chi connectivity index (χ4n) is 3.17. The smallest absolute Gasteiger partial charge is 0.375 e. The molecule has 2 unspecified atom stereocenters. The van der Waals surface area contributed by atoms with Crippen LogP contribution in [0.25, 0.3) is 0 Å². The first-order valence-electron chi connectivity index (χ1n) is 8.52. The molecule has 0 aromatic heterocycles. The Bertz CT molecular complexity index is 323. The maximum absolute atomic E-state index is 13.9. The summed E-state index contributed by atoms with van der Waals surface area (Å²) in [4.78, 5) is 14.0. The van der Waals surface area contributed by atoms with Crippen molar-refractivity contribution in [3.8, 4) is 0 Å². The summed E-state index contributed by atoms with van der Waals surface area (Å²) in [6, 6.07) is 0. The van der Waals surface area contributed by atoms with E-state index in [9.17, 15) is 13.6 Å². The first-order valence-corrected chi connectivity index (χ1v) is 8.52. The van der Waals surface area contributed by atoms with Crippen LogP contribution >= 0.6 is 0 Å². The van der Waals surface area contributed by atoms with Gasteiger partial charge >= 0.3 is 6.16 Å². The van der Waals surface area contributed by atoms with E-state index in [0.29, 0.717) is 32.2 Å². The molecule has 2 saturated heterocycles. The molecular formula is C16H30F2N2O2. The van der Waals surface area contributed by atoms with Crippen LogP contribution in [0.3, 0.4) is 0 Å². The number of hydrogen-bond acceptors (Lipinski definition) is 3. The second-order valence-corrected chi connectivity index (χ2v) is 5.74. The summed E-state index contributed by atoms with van der Waals surface area (Å²) in [5.74, 6) is 0.432. The predicted octanol–water partition coefficient (Wildman–Crippen LogP) is 3.26. The summed E-state index contributed by atoms with van der Waals surface area (Å²) in [7, 11) is 0. The molecule has 2 atom stereocenters. The third kappa shape index (κ3) is 5.80. The van der Waals surface area contributed by atoms with Gasteiger partial charge in [0.25, 0.3) is 0 Å². The number of nitrogens with zero attached hydrogens (tertiary/aromatic N) is 2. The van der Waals surface area contributed by atoms with Gasteiger partial charge < -0.3 is 9.64 Å². The van der Waals surface area contributed by atoms with Crippen LogP contribution in [0.2, 0.25) is 0 Å². The van der Waals surface area contributed by atoms with E-state index in [1.54, 1.807) is 0 Å². The maximum atomic E-state index is 13.9. The summed E-state index contributed by atoms with van der Waals surface area (Å²) in [5.41, 5.74) is 0. The molecule has 2 aliphatic rings. The number of halogens is 2. The average molecular weight is 320 g/mol. The highest BCUT2D eigenvalue weighted by Gasteiger charge is 2.31. The van der Waals surface area contributed by atoms with Crippen molar-refractivity contribution in [2.45, 2.75) is 52.3 Å². The zero-order valence-corrected chi connectivity index (χ0v) is 14.1. The van der Waals surface area contributed by atoms with Crippen molar-refractivity contribution >= 4 is 6.16 Å². The monoisotopic (exact) mass is 320 g/mol. The Kier molecular flexibility index (Phi) is 8.86. The van der Waals surface area contributed by atoms with Crippen LogP contribution in [0.5, 0.6) is 0 Å². The molecule has 1 amide bonds. The van der Waals surface area contributed by atoms with Crippen molar-refractivity contribution in [1.82, 2.24) is 9.80 Å². The molecule has 2 heterocycles. The van der Waals surface area contributed by atoms with Gasteiger partial charge in [-0.3, -0.25) is 4.90 Å². The van der Waals surface area contributed by atoms with Gasteiger partial charge in [-0.1, -0.05) is 13.8 Å². The van der Waals surface area contributed by atoms with Gasteiger partial charge in [-0.2, -0.15) is 0 Å². The van der Waals surface area contributed by atoms with E-state index >= 15 is 0 Å². The zero-order valence-electron chi connectivity index (χ0n) is 14.1. The Morgan fingerprint density at radius 3 is 2.32 bits per heavy atom. The lowest BCUT2D eigenvalue weighted by Gasteiger charge is -2.38. The highest BCUT2D eigenvalue weighted by molar-refractivity contribution is 5.66. The quantitative estimate of drug-likeness (QED) is 0.589. The normalized spacial score (nSPS) is 27.2. The molecule has 2 rings (SSSR count). The standard InChI is InChI=1S/C14H24F2N2O2.C2H6/c1-2-20-13-5-6-17(10-12(13)15)9-11-3-7-18(8-4-11)14(16)19;1-2/h11-13H,2-10H2,1H3;1-2H3. The number of carbonyl (C=O) groups excluding carboxylic acids is 1. The Labute approximate surface area is 132 Å². The number of ether oxygens (including phenoxy) is 1. The van der Waals surface area contributed by atoms with E-state index < -0.39 is 12.3 Å². The molecular weight excluding hydrogens is 290 g/mol. The van der Waals surface area contributed by atoms with E-state index in [-0.39, 0.29) is 6.10 Å². The number of rotatable bonds is 4. The number of likely N-dealkylation sites (tertiary alicyclic amines) is 2. The molecule has 4 nitrogen and oxygen atoms in total. The minimum absolute atomic E-state index is 0.262. The molecule has 0 aromatic carbocycles. The van der Waals surface area contributed by atoms with E-state index in [0.717, 1.165) is 32.4 Å². The van der Waals surface area contributed by atoms with Crippen molar-refractivity contribution in [3.05, 3.63) is 0 Å². The largest absolute Gasteiger partial charge is 0.400 e. The molecule has 22 heavy (non-hydrogen) atoms. The van der Waals surface area contributed by atoms with Crippen LogP contribution in [0.1, 0.15) is 40.0 Å². The second kappa shape index (κ2) is 10.1. The molecule has 6 heteroatoms. The third-order valence-electron chi connectivity index (χ3n) is 4.33. The average Bonchev–Trinajstić information content (AvgIpc) is 2.53. The minimum atomic E-state index is -1.33. The molecule has 0 aliphatic carbocycles. The molecule has 2 aliphatic heterocycles. The minimum Gasteiger partial charge on any atom is -0.375 e. The van der Waals surface area contributed by atoms with Crippen LogP contribution < -0.4 is 0 Å². The van der Waals surface area contributed by atoms with Crippen LogP contribution in [-0.2, 0) is 4.74 Å². The van der Waals surface area contributed by atoms with Crippen molar-refractivity contribution in [2.24, 2.45) is 5.92 Å². The Hall–Kier alpha value is -0.750. The second-order valence-electron chi connectivity index (χ2n) is 5.74. The zero-order chi connectivity index (χ0) is 16.5. The van der Waals surface area contributed by atoms with E-state index in [1.807, 2.05) is 20.8 Å². The molecule has 130 valence electrons. The third-order valence-corrected chi connectivity index (χ3v) is 4.33. The van der Waals surface area contributed by atoms with Gasteiger partial charge in [0.2, 0.25) is 0 Å². The van der Waals surface area contributed by atoms with Gasteiger partial charge in [-0.15, -0.1) is 4.39 Å². The first kappa shape index (κ1) is 19.3. The van der Waals surface area contributed by atoms with E-state index in [2.05, 4.69) is 4.90 Å². The highest BCUT2D eigenvalue weighted by atomic mass is 19.1. The molecule has 0 spiro atoms. The van der Waals surface area contributed by atoms with Crippen LogP contribution in [0, 0.1) is 5.92 Å². The molecule has 0 aromatic rings. The van der Waals surface area contributed by atoms with Crippen LogP contribution in [0.15, 0.2) is 0 Å². The molecule has 0 radical (unpaired) electrons. The fraction of sp³-hybridized carbons (Fsp3) is 0.938. The Morgan fingerprint density at radius 2 is 1.82 bits per heavy atom. The van der Waals surface area contributed by atoms with Crippen LogP contribution in [0.4, 0.5) is 13.6 Å². The van der Waals surface area contributed by atoms with Crippen molar-refractivity contribution < 1.29 is 18.3 Å². The summed E-state index contributed by atoms with van der Waals surface area (Å²) in [6.07, 6.45) is -0.171. The number of alkyl halides is 1. The van der Waals surface area contributed by atoms with Gasteiger partial charge in [0, 0.05) is 39.3 Å². The lowest BCUT2D eigenvalue weighted by Crippen LogP contribution is -2.48. The van der Waals surface area contributed by atoms with Gasteiger partial charge in [-0.05, 0) is 32.1 Å². The Morgan fingerprint density at radius 1 is 1.18 bits per heavy atom. The van der Waals surface area contributed by atoms with Gasteiger partial charge in [0.05, 0.1) is 6.10 Å². The first-order chi connectivity index (χ1) is 10.6. The van der Waals surface area contributed by atoms with Crippen molar-refractivity contribution in [3.63, 3.8) is 0 Å². The summed E-state index contributed by atoms with van der Waals surface area (Å²) < 4.78 is 31.9. The number of amides is 1. The molecule has 0 bridgehead atoms. The number of hydrogen-bond donors (Lipinski definition) is 0. The van der Waals surface area contributed by atoms with Gasteiger partial charge in [0.1, 0.15) is 6.17 Å². The predicted molar refractivity (Wildman–Crippen MR) is 83.5 cm³/mol. The van der Waals surface area contributed by atoms with Crippen LogP contribution in [-0.4, -0.2) is 67.6 Å². The topological polar surface area (TPSA) is 32.8 Å². The Balaban J connectivity index is 0.00000116. The van der Waals surface area contributed by atoms with Crippen molar-refractivity contribution in [1.29, 1.82) is 0 Å². The lowest BCUT2D eigenvalue weighted by molar-refractivity contribution is -0.0450. The van der Waals surface area contributed by atoms with E-state index in [4.69, 9.17) is 4.74 Å². The maximum Gasteiger partial charge on any atom is 0.400 e. The number of piperidine rings is 2. The highest BCUT2D eigenvalue weighted by Crippen LogP contribution is 2.23. The number of carbonyl (C=O) groups is 1. The molecule has 2 fully saturated rings. The molecule has 0 N–H and O–H groups in total. The lowest BCUT2D eigenvalue weighted by atomic mass is 9.95. The van der Waals surface area contributed by atoms with Gasteiger partial charge in [-0.25, -0.2) is 9.18 Å². The summed E-state index contributed by atoms with van der Waals surface area (Å²) in [5, 5.41) is 0. The van der Waals surface area contributed by atoms with Crippen molar-refractivity contribution in [2.75, 3.05) is 39.3 Å². The summed E-state index contributed by atoms with van der Waals surface area (Å²) in [6.45, 7) is 9.52. The van der Waals surface area contributed by atoms with Gasteiger partial charge in [0.15, 0.2) is 0 Å². The molecule has 0 saturated carbocycles.